The molecule has 0 saturated heterocycles. The van der Waals surface area contributed by atoms with Gasteiger partial charge in [-0.2, -0.15) is 0 Å². The summed E-state index contributed by atoms with van der Waals surface area (Å²) in [6.07, 6.45) is 5.53. The number of hydrogen-bond donors (Lipinski definition) is 1. The first kappa shape index (κ1) is 8.81. The van der Waals surface area contributed by atoms with Gasteiger partial charge in [0, 0.05) is 24.6 Å². The van der Waals surface area contributed by atoms with Crippen molar-refractivity contribution in [3.05, 3.63) is 48.0 Å². The zero-order valence-electron chi connectivity index (χ0n) is 8.14. The number of benzene rings is 1. The molecule has 0 aliphatic rings. The fraction of sp³-hybridized carbons (Fsp3) is 0.182. The molecule has 1 heterocycles. The topological polar surface area (TPSA) is 43.8 Å². The molecular formula is C11H13N3. The van der Waals surface area contributed by atoms with Crippen molar-refractivity contribution in [1.82, 2.24) is 9.55 Å². The Balaban J connectivity index is 2.29. The minimum Gasteiger partial charge on any atom is -0.399 e. The van der Waals surface area contributed by atoms with Crippen LogP contribution in [-0.4, -0.2) is 9.55 Å². The van der Waals surface area contributed by atoms with Crippen LogP contribution in [-0.2, 0) is 6.54 Å². The zero-order valence-corrected chi connectivity index (χ0v) is 8.14. The molecule has 72 valence electrons. The lowest BCUT2D eigenvalue weighted by atomic mass is 10.1. The van der Waals surface area contributed by atoms with E-state index in [0.717, 1.165) is 17.8 Å². The largest absolute Gasteiger partial charge is 0.399 e. The average molecular weight is 187 g/mol. The molecule has 1 aromatic carbocycles. The van der Waals surface area contributed by atoms with Gasteiger partial charge >= 0.3 is 0 Å². The molecule has 1 aromatic heterocycles. The standard InChI is InChI=1S/C11H13N3/c1-9-10(3-2-4-11(9)12)7-14-6-5-13-8-14/h2-6,8H,7,12H2,1H3. The van der Waals surface area contributed by atoms with Crippen LogP contribution in [0.4, 0.5) is 5.69 Å². The van der Waals surface area contributed by atoms with Crippen LogP contribution in [0.1, 0.15) is 11.1 Å². The van der Waals surface area contributed by atoms with E-state index < -0.39 is 0 Å². The highest BCUT2D eigenvalue weighted by Crippen LogP contribution is 2.16. The summed E-state index contributed by atoms with van der Waals surface area (Å²) in [6, 6.07) is 5.99. The summed E-state index contributed by atoms with van der Waals surface area (Å²) < 4.78 is 2.03. The molecular weight excluding hydrogens is 174 g/mol. The second-order valence-corrected chi connectivity index (χ2v) is 3.37. The molecule has 0 saturated carbocycles. The number of nitrogen functional groups attached to an aromatic ring is 1. The quantitative estimate of drug-likeness (QED) is 0.729. The molecule has 14 heavy (non-hydrogen) atoms. The number of hydrogen-bond acceptors (Lipinski definition) is 2. The molecule has 3 heteroatoms. The third-order valence-electron chi connectivity index (χ3n) is 2.40. The van der Waals surface area contributed by atoms with E-state index in [1.54, 1.807) is 6.20 Å². The molecule has 0 unspecified atom stereocenters. The molecule has 0 atom stereocenters. The van der Waals surface area contributed by atoms with E-state index in [9.17, 15) is 0 Å². The lowest BCUT2D eigenvalue weighted by molar-refractivity contribution is 0.793. The fourth-order valence-electron chi connectivity index (χ4n) is 1.45. The first-order valence-electron chi connectivity index (χ1n) is 4.57. The summed E-state index contributed by atoms with van der Waals surface area (Å²) in [6.45, 7) is 2.87. The third kappa shape index (κ3) is 1.62. The average Bonchev–Trinajstić information content (AvgIpc) is 2.66. The van der Waals surface area contributed by atoms with Crippen molar-refractivity contribution in [3.8, 4) is 0 Å². The zero-order chi connectivity index (χ0) is 9.97. The van der Waals surface area contributed by atoms with Gasteiger partial charge in [-0.05, 0) is 24.1 Å². The smallest absolute Gasteiger partial charge is 0.0949 e. The summed E-state index contributed by atoms with van der Waals surface area (Å²) in [5.74, 6) is 0. The molecule has 2 N–H and O–H groups in total. The van der Waals surface area contributed by atoms with Gasteiger partial charge in [-0.3, -0.25) is 0 Å². The molecule has 0 aliphatic heterocycles. The SMILES string of the molecule is Cc1c(N)cccc1Cn1ccnc1. The van der Waals surface area contributed by atoms with E-state index in [1.807, 2.05) is 36.1 Å². The summed E-state index contributed by atoms with van der Waals surface area (Å²) in [7, 11) is 0. The summed E-state index contributed by atoms with van der Waals surface area (Å²) in [5.41, 5.74) is 9.07. The van der Waals surface area contributed by atoms with Crippen LogP contribution in [0.3, 0.4) is 0 Å². The first-order valence-corrected chi connectivity index (χ1v) is 4.57. The van der Waals surface area contributed by atoms with Crippen LogP contribution in [0.15, 0.2) is 36.9 Å². The van der Waals surface area contributed by atoms with Crippen LogP contribution in [0.2, 0.25) is 0 Å². The Morgan fingerprint density at radius 1 is 1.43 bits per heavy atom. The number of nitrogens with zero attached hydrogens (tertiary/aromatic N) is 2. The minimum atomic E-state index is 0.830. The van der Waals surface area contributed by atoms with Gasteiger partial charge in [0.15, 0.2) is 0 Å². The number of aromatic nitrogens is 2. The molecule has 0 amide bonds. The summed E-state index contributed by atoms with van der Waals surface area (Å²) in [5, 5.41) is 0. The second-order valence-electron chi connectivity index (χ2n) is 3.37. The maximum Gasteiger partial charge on any atom is 0.0949 e. The Kier molecular flexibility index (Phi) is 2.23. The van der Waals surface area contributed by atoms with Gasteiger partial charge in [-0.15, -0.1) is 0 Å². The molecule has 0 fully saturated rings. The molecule has 2 rings (SSSR count). The lowest BCUT2D eigenvalue weighted by Gasteiger charge is -2.08. The monoisotopic (exact) mass is 187 g/mol. The van der Waals surface area contributed by atoms with Crippen LogP contribution in [0, 0.1) is 6.92 Å². The first-order chi connectivity index (χ1) is 6.77. The van der Waals surface area contributed by atoms with E-state index >= 15 is 0 Å². The Hall–Kier alpha value is -1.77. The van der Waals surface area contributed by atoms with Crippen molar-refractivity contribution in [2.45, 2.75) is 13.5 Å². The fourth-order valence-corrected chi connectivity index (χ4v) is 1.45. The second kappa shape index (κ2) is 3.54. The van der Waals surface area contributed by atoms with Gasteiger partial charge in [-0.1, -0.05) is 12.1 Å². The molecule has 0 radical (unpaired) electrons. The minimum absolute atomic E-state index is 0.830. The predicted octanol–water partition coefficient (Wildman–Crippen LogP) is 1.82. The number of imidazole rings is 1. The molecule has 0 spiro atoms. The number of nitrogens with two attached hydrogens (primary N) is 1. The van der Waals surface area contributed by atoms with Crippen LogP contribution < -0.4 is 5.73 Å². The molecule has 2 aromatic rings. The van der Waals surface area contributed by atoms with Crippen molar-refractivity contribution in [2.75, 3.05) is 5.73 Å². The number of anilines is 1. The Morgan fingerprint density at radius 2 is 2.29 bits per heavy atom. The van der Waals surface area contributed by atoms with E-state index in [2.05, 4.69) is 11.1 Å². The van der Waals surface area contributed by atoms with Crippen molar-refractivity contribution >= 4 is 5.69 Å². The van der Waals surface area contributed by atoms with Crippen LogP contribution in [0.25, 0.3) is 0 Å². The highest BCUT2D eigenvalue weighted by molar-refractivity contribution is 5.49. The molecule has 3 nitrogen and oxygen atoms in total. The van der Waals surface area contributed by atoms with Gasteiger partial charge < -0.3 is 10.3 Å². The van der Waals surface area contributed by atoms with Gasteiger partial charge in [0.2, 0.25) is 0 Å². The van der Waals surface area contributed by atoms with E-state index in [4.69, 9.17) is 5.73 Å². The highest BCUT2D eigenvalue weighted by Gasteiger charge is 2.01. The van der Waals surface area contributed by atoms with Gasteiger partial charge in [-0.25, -0.2) is 4.98 Å². The van der Waals surface area contributed by atoms with Gasteiger partial charge in [0.05, 0.1) is 6.33 Å². The summed E-state index contributed by atoms with van der Waals surface area (Å²) >= 11 is 0. The van der Waals surface area contributed by atoms with Crippen LogP contribution in [0.5, 0.6) is 0 Å². The van der Waals surface area contributed by atoms with Crippen molar-refractivity contribution in [2.24, 2.45) is 0 Å². The molecule has 0 aliphatic carbocycles. The van der Waals surface area contributed by atoms with Crippen LogP contribution >= 0.6 is 0 Å². The van der Waals surface area contributed by atoms with Crippen molar-refractivity contribution < 1.29 is 0 Å². The van der Waals surface area contributed by atoms with E-state index in [-0.39, 0.29) is 0 Å². The Labute approximate surface area is 83.2 Å². The van der Waals surface area contributed by atoms with E-state index in [1.165, 1.54) is 5.56 Å². The maximum atomic E-state index is 5.82. The van der Waals surface area contributed by atoms with Gasteiger partial charge in [0.25, 0.3) is 0 Å². The summed E-state index contributed by atoms with van der Waals surface area (Å²) in [4.78, 5) is 4.00. The Morgan fingerprint density at radius 3 is 3.00 bits per heavy atom. The van der Waals surface area contributed by atoms with Crippen molar-refractivity contribution in [1.29, 1.82) is 0 Å². The predicted molar refractivity (Wildman–Crippen MR) is 56.9 cm³/mol. The Bertz CT molecular complexity index is 418. The third-order valence-corrected chi connectivity index (χ3v) is 2.40. The van der Waals surface area contributed by atoms with Crippen molar-refractivity contribution in [3.63, 3.8) is 0 Å². The maximum absolute atomic E-state index is 5.82. The highest BCUT2D eigenvalue weighted by atomic mass is 15.0. The number of rotatable bonds is 2. The molecule has 0 bridgehead atoms. The van der Waals surface area contributed by atoms with E-state index in [0.29, 0.717) is 0 Å². The van der Waals surface area contributed by atoms with Gasteiger partial charge in [0.1, 0.15) is 0 Å². The lowest BCUT2D eigenvalue weighted by Crippen LogP contribution is -2.01. The normalized spacial score (nSPS) is 10.4.